The zero-order valence-corrected chi connectivity index (χ0v) is 15.7. The van der Waals surface area contributed by atoms with Crippen LogP contribution in [-0.2, 0) is 11.3 Å². The molecule has 4 rings (SSSR count). The predicted molar refractivity (Wildman–Crippen MR) is 102 cm³/mol. The number of piperidine rings is 1. The molecule has 2 aliphatic rings. The molecule has 2 heterocycles. The van der Waals surface area contributed by atoms with Gasteiger partial charge in [-0.1, -0.05) is 18.2 Å². The highest BCUT2D eigenvalue weighted by atomic mass is 16.7. The van der Waals surface area contributed by atoms with E-state index in [4.69, 9.17) is 14.2 Å². The van der Waals surface area contributed by atoms with E-state index in [0.29, 0.717) is 32.5 Å². The number of methoxy groups -OCH3 is 1. The monoisotopic (exact) mass is 368 g/mol. The van der Waals surface area contributed by atoms with E-state index < -0.39 is 5.79 Å². The van der Waals surface area contributed by atoms with Crippen molar-refractivity contribution in [1.29, 1.82) is 0 Å². The van der Waals surface area contributed by atoms with Gasteiger partial charge in [0.1, 0.15) is 11.5 Å². The van der Waals surface area contributed by atoms with Crippen molar-refractivity contribution in [3.8, 4) is 11.5 Å². The number of aryl methyl sites for hydroxylation is 1. The number of nitrogens with one attached hydrogen (secondary N) is 1. The van der Waals surface area contributed by atoms with Gasteiger partial charge < -0.3 is 24.4 Å². The highest BCUT2D eigenvalue weighted by Crippen LogP contribution is 2.38. The molecule has 0 atom stereocenters. The van der Waals surface area contributed by atoms with E-state index >= 15 is 0 Å². The van der Waals surface area contributed by atoms with Crippen LogP contribution in [0.1, 0.15) is 24.0 Å². The third-order valence-electron chi connectivity index (χ3n) is 5.25. The van der Waals surface area contributed by atoms with Crippen molar-refractivity contribution in [2.75, 3.05) is 25.5 Å². The average molecular weight is 368 g/mol. The van der Waals surface area contributed by atoms with Crippen LogP contribution in [0, 0.1) is 6.92 Å². The number of para-hydroxylation sites is 1. The standard InChI is InChI=1S/C21H24N2O4/c1-15-5-3-4-6-18(15)22-20(24)23-11-9-21(10-12-23)26-14-16-13-17(25-2)7-8-19(16)27-21/h3-8,13H,9-12,14H2,1-2H3,(H,22,24). The lowest BCUT2D eigenvalue weighted by Crippen LogP contribution is -2.53. The Morgan fingerprint density at radius 2 is 1.96 bits per heavy atom. The topological polar surface area (TPSA) is 60.0 Å². The van der Waals surface area contributed by atoms with Crippen molar-refractivity contribution in [3.05, 3.63) is 53.6 Å². The number of rotatable bonds is 2. The minimum absolute atomic E-state index is 0.0832. The molecular formula is C21H24N2O4. The number of anilines is 1. The Labute approximate surface area is 159 Å². The van der Waals surface area contributed by atoms with Gasteiger partial charge in [-0.2, -0.15) is 0 Å². The number of ether oxygens (including phenoxy) is 3. The Kier molecular flexibility index (Phi) is 4.66. The number of likely N-dealkylation sites (tertiary alicyclic amines) is 1. The third-order valence-corrected chi connectivity index (χ3v) is 5.25. The summed E-state index contributed by atoms with van der Waals surface area (Å²) in [6, 6.07) is 13.4. The van der Waals surface area contributed by atoms with Crippen molar-refractivity contribution in [2.45, 2.75) is 32.2 Å². The first-order valence-electron chi connectivity index (χ1n) is 9.20. The maximum Gasteiger partial charge on any atom is 0.321 e. The second-order valence-corrected chi connectivity index (χ2v) is 7.01. The Morgan fingerprint density at radius 3 is 2.70 bits per heavy atom. The summed E-state index contributed by atoms with van der Waals surface area (Å²) < 4.78 is 17.5. The van der Waals surface area contributed by atoms with Crippen LogP contribution in [0.3, 0.4) is 0 Å². The molecule has 27 heavy (non-hydrogen) atoms. The Morgan fingerprint density at radius 1 is 1.19 bits per heavy atom. The van der Waals surface area contributed by atoms with Gasteiger partial charge in [-0.3, -0.25) is 0 Å². The number of amides is 2. The average Bonchev–Trinajstić information content (AvgIpc) is 2.70. The van der Waals surface area contributed by atoms with E-state index in [1.165, 1.54) is 0 Å². The van der Waals surface area contributed by atoms with Crippen molar-refractivity contribution < 1.29 is 19.0 Å². The first-order valence-corrected chi connectivity index (χ1v) is 9.20. The van der Waals surface area contributed by atoms with Crippen LogP contribution in [0.5, 0.6) is 11.5 Å². The molecule has 1 spiro atoms. The zero-order chi connectivity index (χ0) is 18.9. The van der Waals surface area contributed by atoms with Gasteiger partial charge in [0.2, 0.25) is 5.79 Å². The molecule has 1 saturated heterocycles. The fourth-order valence-corrected chi connectivity index (χ4v) is 3.54. The maximum atomic E-state index is 12.6. The van der Waals surface area contributed by atoms with Gasteiger partial charge in [0.25, 0.3) is 0 Å². The molecule has 2 amide bonds. The van der Waals surface area contributed by atoms with E-state index in [1.54, 1.807) is 7.11 Å². The van der Waals surface area contributed by atoms with Crippen molar-refractivity contribution in [2.24, 2.45) is 0 Å². The van der Waals surface area contributed by atoms with Crippen LogP contribution in [0.25, 0.3) is 0 Å². The van der Waals surface area contributed by atoms with Gasteiger partial charge in [0.05, 0.1) is 13.7 Å². The van der Waals surface area contributed by atoms with Crippen molar-refractivity contribution in [1.82, 2.24) is 4.90 Å². The molecule has 2 aromatic carbocycles. The fraction of sp³-hybridized carbons (Fsp3) is 0.381. The fourth-order valence-electron chi connectivity index (χ4n) is 3.54. The van der Waals surface area contributed by atoms with Gasteiger partial charge in [-0.05, 0) is 36.8 Å². The van der Waals surface area contributed by atoms with Crippen LogP contribution in [0.15, 0.2) is 42.5 Å². The Balaban J connectivity index is 1.38. The first kappa shape index (κ1) is 17.7. The Bertz CT molecular complexity index is 844. The maximum absolute atomic E-state index is 12.6. The number of fused-ring (bicyclic) bond motifs is 1. The summed E-state index contributed by atoms with van der Waals surface area (Å²) in [4.78, 5) is 14.4. The smallest absolute Gasteiger partial charge is 0.321 e. The number of urea groups is 1. The SMILES string of the molecule is COc1ccc2c(c1)COC1(CCN(C(=O)Nc3ccccc3C)CC1)O2. The van der Waals surface area contributed by atoms with Crippen LogP contribution < -0.4 is 14.8 Å². The summed E-state index contributed by atoms with van der Waals surface area (Å²) in [7, 11) is 1.64. The van der Waals surface area contributed by atoms with E-state index in [9.17, 15) is 4.79 Å². The van der Waals surface area contributed by atoms with Crippen LogP contribution >= 0.6 is 0 Å². The number of hydrogen-bond acceptors (Lipinski definition) is 4. The van der Waals surface area contributed by atoms with Crippen molar-refractivity contribution in [3.63, 3.8) is 0 Å². The third kappa shape index (κ3) is 3.57. The number of carbonyl (C=O) groups excluding carboxylic acids is 1. The van der Waals surface area contributed by atoms with Crippen LogP contribution in [0.2, 0.25) is 0 Å². The van der Waals surface area contributed by atoms with Gasteiger partial charge in [0.15, 0.2) is 0 Å². The second-order valence-electron chi connectivity index (χ2n) is 7.01. The normalized spacial score (nSPS) is 17.8. The second kappa shape index (κ2) is 7.12. The van der Waals surface area contributed by atoms with Crippen LogP contribution in [0.4, 0.5) is 10.5 Å². The number of carbonyl (C=O) groups is 1. The molecule has 2 aliphatic heterocycles. The summed E-state index contributed by atoms with van der Waals surface area (Å²) in [5.41, 5.74) is 2.88. The molecule has 0 aliphatic carbocycles. The summed E-state index contributed by atoms with van der Waals surface area (Å²) in [5, 5.41) is 2.99. The van der Waals surface area contributed by atoms with E-state index in [1.807, 2.05) is 54.3 Å². The van der Waals surface area contributed by atoms with Crippen molar-refractivity contribution >= 4 is 11.7 Å². The first-order chi connectivity index (χ1) is 13.1. The lowest BCUT2D eigenvalue weighted by molar-refractivity contribution is -0.225. The molecule has 6 heteroatoms. The minimum Gasteiger partial charge on any atom is -0.497 e. The molecule has 142 valence electrons. The van der Waals surface area contributed by atoms with Crippen LogP contribution in [-0.4, -0.2) is 36.9 Å². The summed E-state index contributed by atoms with van der Waals surface area (Å²) in [6.07, 6.45) is 1.28. The summed E-state index contributed by atoms with van der Waals surface area (Å²) in [5.74, 6) is 0.973. The molecular weight excluding hydrogens is 344 g/mol. The van der Waals surface area contributed by atoms with E-state index in [-0.39, 0.29) is 6.03 Å². The molecule has 0 aromatic heterocycles. The quantitative estimate of drug-likeness (QED) is 0.872. The van der Waals surface area contributed by atoms with Gasteiger partial charge in [-0.25, -0.2) is 4.79 Å². The summed E-state index contributed by atoms with van der Waals surface area (Å²) >= 11 is 0. The number of benzene rings is 2. The molecule has 6 nitrogen and oxygen atoms in total. The van der Waals surface area contributed by atoms with Gasteiger partial charge in [0, 0.05) is 37.2 Å². The largest absolute Gasteiger partial charge is 0.497 e. The highest BCUT2D eigenvalue weighted by molar-refractivity contribution is 5.90. The molecule has 0 unspecified atom stereocenters. The molecule has 2 aromatic rings. The highest BCUT2D eigenvalue weighted by Gasteiger charge is 2.42. The lowest BCUT2D eigenvalue weighted by atomic mass is 10.0. The van der Waals surface area contributed by atoms with E-state index in [0.717, 1.165) is 28.3 Å². The minimum atomic E-state index is -0.652. The molecule has 0 saturated carbocycles. The lowest BCUT2D eigenvalue weighted by Gasteiger charge is -2.43. The predicted octanol–water partition coefficient (Wildman–Crippen LogP) is 3.94. The zero-order valence-electron chi connectivity index (χ0n) is 15.7. The molecule has 1 fully saturated rings. The molecule has 1 N–H and O–H groups in total. The summed E-state index contributed by atoms with van der Waals surface area (Å²) in [6.45, 7) is 3.64. The van der Waals surface area contributed by atoms with Gasteiger partial charge in [-0.15, -0.1) is 0 Å². The number of nitrogens with zero attached hydrogens (tertiary/aromatic N) is 1. The molecule has 0 radical (unpaired) electrons. The number of hydrogen-bond donors (Lipinski definition) is 1. The molecule has 0 bridgehead atoms. The van der Waals surface area contributed by atoms with Gasteiger partial charge >= 0.3 is 6.03 Å². The Hall–Kier alpha value is -2.73. The van der Waals surface area contributed by atoms with E-state index in [2.05, 4.69) is 5.32 Å².